The number of aliphatic hydroxyl groups is 27. The van der Waals surface area contributed by atoms with Gasteiger partial charge in [0.05, 0.1) is 59.5 Å². The molecule has 0 aromatic heterocycles. The SMILES string of the molecule is OC[C@@H]1OC(O[C@H]2[C@H]3O[C@H]4[C@H](O)[C@@H](O)[C@@H](O[C@H]5[C@H](O)[C@@H](O)[C@@H](O[C@H]6[C@H](O)[C@@H](O)[C@@H](O[C@H]7[C@H](O)[C@@H](O)[C@@H](O[C@H]8[C@H](O)[C@@H](O)[C@@H](O[C@H]9[C@H](O)[C@@H](O)[C@@H](O[C@@H]([C@@H]2O)[C@@H](CO)O3)O[C@@H]9CO)O[C@@H]8CO)O[C@@H]7CO)O[C@@H]6CO)O[C@@H]5CO)O[C@@H]4CO)[C@@H](O)[C@H](O)[C@H]1O[C@@H]1O[C@H](CO)[C@@H](O)[C@H](O)[C@H]1O. The van der Waals surface area contributed by atoms with E-state index < -0.39 is 336 Å². The summed E-state index contributed by atoms with van der Waals surface area (Å²) >= 11 is 0. The third-order valence-electron chi connectivity index (χ3n) is 19.0. The lowest BCUT2D eigenvalue weighted by atomic mass is 9.94. The molecule has 1 unspecified atom stereocenters. The van der Waals surface area contributed by atoms with Crippen LogP contribution in [-0.2, 0) is 85.3 Å². The van der Waals surface area contributed by atoms with Crippen molar-refractivity contribution in [1.82, 2.24) is 0 Å². The average Bonchev–Trinajstić information content (AvgIpc) is 0.789. The van der Waals surface area contributed by atoms with Crippen LogP contribution < -0.4 is 0 Å². The lowest BCUT2D eigenvalue weighted by Crippen LogP contribution is -2.69. The molecular weight excluding hydrogens is 1370 g/mol. The maximum atomic E-state index is 12.5. The molecule has 0 aliphatic carbocycles. The summed E-state index contributed by atoms with van der Waals surface area (Å²) in [6.45, 7) is -10.2. The second-order valence-corrected chi connectivity index (χ2v) is 25.3. The molecule has 0 aromatic rings. The van der Waals surface area contributed by atoms with Crippen LogP contribution in [0.2, 0.25) is 0 Å². The molecular formula is C54H90O45. The highest BCUT2D eigenvalue weighted by atomic mass is 16.8. The van der Waals surface area contributed by atoms with Gasteiger partial charge in [0.1, 0.15) is 220 Å². The van der Waals surface area contributed by atoms with E-state index in [1.807, 2.05) is 0 Å². The van der Waals surface area contributed by atoms with Gasteiger partial charge in [-0.3, -0.25) is 0 Å². The lowest BCUT2D eigenvalue weighted by molar-refractivity contribution is -0.413. The molecule has 27 N–H and O–H groups in total. The summed E-state index contributed by atoms with van der Waals surface area (Å²) in [7, 11) is 0. The number of hydrogen-bond acceptors (Lipinski definition) is 45. The van der Waals surface area contributed by atoms with Crippen LogP contribution >= 0.6 is 0 Å². The quantitative estimate of drug-likeness (QED) is 0.0814. The molecule has 576 valence electrons. The molecule has 0 spiro atoms. The molecule has 45 nitrogen and oxygen atoms in total. The normalized spacial score (nSPS) is 55.1. The van der Waals surface area contributed by atoms with Crippen molar-refractivity contribution in [2.24, 2.45) is 0 Å². The van der Waals surface area contributed by atoms with Gasteiger partial charge in [-0.1, -0.05) is 0 Å². The van der Waals surface area contributed by atoms with Crippen LogP contribution in [0.1, 0.15) is 0 Å². The molecule has 0 aromatic carbocycles. The molecule has 0 saturated carbocycles. The first-order valence-corrected chi connectivity index (χ1v) is 31.7. The fourth-order valence-electron chi connectivity index (χ4n) is 13.4. The smallest absolute Gasteiger partial charge is 0.187 e. The van der Waals surface area contributed by atoms with Crippen LogP contribution in [0.5, 0.6) is 0 Å². The lowest BCUT2D eigenvalue weighted by Gasteiger charge is -2.51. The van der Waals surface area contributed by atoms with E-state index in [9.17, 15) is 138 Å². The van der Waals surface area contributed by atoms with Crippen molar-refractivity contribution in [2.75, 3.05) is 59.5 Å². The fraction of sp³-hybridized carbons (Fsp3) is 1.00. The van der Waals surface area contributed by atoms with Gasteiger partial charge < -0.3 is 223 Å². The Bertz CT molecular complexity index is 2460. The third-order valence-corrected chi connectivity index (χ3v) is 19.0. The number of rotatable bonds is 13. The summed E-state index contributed by atoms with van der Waals surface area (Å²) in [6.07, 6.45) is -95.6. The average molecular weight is 1460 g/mol. The van der Waals surface area contributed by atoms with Crippen LogP contribution in [0.25, 0.3) is 0 Å². The first-order valence-electron chi connectivity index (χ1n) is 31.7. The monoisotopic (exact) mass is 1460 g/mol. The third kappa shape index (κ3) is 15.8. The van der Waals surface area contributed by atoms with E-state index >= 15 is 0 Å². The predicted molar refractivity (Wildman–Crippen MR) is 294 cm³/mol. The second kappa shape index (κ2) is 34.0. The molecule has 14 bridgehead atoms. The Morgan fingerprint density at radius 1 is 0.162 bits per heavy atom. The maximum Gasteiger partial charge on any atom is 0.187 e. The molecule has 17 fully saturated rings. The van der Waals surface area contributed by atoms with E-state index in [0.29, 0.717) is 0 Å². The zero-order valence-corrected chi connectivity index (χ0v) is 51.8. The Kier molecular flexibility index (Phi) is 27.4. The van der Waals surface area contributed by atoms with E-state index in [-0.39, 0.29) is 0 Å². The summed E-state index contributed by atoms with van der Waals surface area (Å²) in [4.78, 5) is 0. The van der Waals surface area contributed by atoms with Gasteiger partial charge in [0.2, 0.25) is 0 Å². The van der Waals surface area contributed by atoms with Gasteiger partial charge in [0.15, 0.2) is 56.6 Å². The molecule has 17 aliphatic heterocycles. The van der Waals surface area contributed by atoms with Gasteiger partial charge in [-0.15, -0.1) is 0 Å². The van der Waals surface area contributed by atoms with Gasteiger partial charge in [0.25, 0.3) is 0 Å². The van der Waals surface area contributed by atoms with Gasteiger partial charge in [-0.05, 0) is 0 Å². The van der Waals surface area contributed by atoms with Crippen LogP contribution in [0.15, 0.2) is 0 Å². The van der Waals surface area contributed by atoms with Gasteiger partial charge >= 0.3 is 0 Å². The maximum absolute atomic E-state index is 12.5. The summed E-state index contributed by atoms with van der Waals surface area (Å²) in [5.41, 5.74) is 0. The van der Waals surface area contributed by atoms with Gasteiger partial charge in [-0.25, -0.2) is 0 Å². The highest BCUT2D eigenvalue weighted by molar-refractivity contribution is 5.03. The van der Waals surface area contributed by atoms with Crippen molar-refractivity contribution in [3.05, 3.63) is 0 Å². The van der Waals surface area contributed by atoms with Crippen molar-refractivity contribution in [3.8, 4) is 0 Å². The molecule has 17 heterocycles. The highest BCUT2D eigenvalue weighted by Gasteiger charge is 2.62. The molecule has 17 aliphatic rings. The van der Waals surface area contributed by atoms with Gasteiger partial charge in [0, 0.05) is 0 Å². The number of hydrogen-bond donors (Lipinski definition) is 27. The minimum absolute atomic E-state index is 0.935. The summed E-state index contributed by atoms with van der Waals surface area (Å²) in [6, 6.07) is 0. The Morgan fingerprint density at radius 3 is 0.636 bits per heavy atom. The zero-order chi connectivity index (χ0) is 72.1. The number of aliphatic hydroxyl groups excluding tert-OH is 27. The summed E-state index contributed by atoms with van der Waals surface area (Å²) in [5, 5.41) is 300. The summed E-state index contributed by atoms with van der Waals surface area (Å²) in [5.74, 6) is 0. The largest absolute Gasteiger partial charge is 0.394 e. The minimum Gasteiger partial charge on any atom is -0.394 e. The molecule has 99 heavy (non-hydrogen) atoms. The molecule has 17 saturated heterocycles. The first-order chi connectivity index (χ1) is 47.1. The molecule has 45 atom stereocenters. The van der Waals surface area contributed by atoms with Crippen LogP contribution in [0.4, 0.5) is 0 Å². The Balaban J connectivity index is 0.963. The van der Waals surface area contributed by atoms with Crippen molar-refractivity contribution in [3.63, 3.8) is 0 Å². The van der Waals surface area contributed by atoms with E-state index in [0.717, 1.165) is 0 Å². The van der Waals surface area contributed by atoms with Crippen LogP contribution in [0, 0.1) is 0 Å². The molecule has 0 radical (unpaired) electrons. The van der Waals surface area contributed by atoms with Crippen molar-refractivity contribution < 1.29 is 223 Å². The van der Waals surface area contributed by atoms with Gasteiger partial charge in [-0.2, -0.15) is 0 Å². The first kappa shape index (κ1) is 79.8. The Hall–Kier alpha value is -1.80. The second-order valence-electron chi connectivity index (χ2n) is 25.3. The fourth-order valence-corrected chi connectivity index (χ4v) is 13.4. The predicted octanol–water partition coefficient (Wildman–Crippen LogP) is -19.6. The Labute approximate surface area is 558 Å². The van der Waals surface area contributed by atoms with Crippen molar-refractivity contribution >= 4 is 0 Å². The van der Waals surface area contributed by atoms with E-state index in [1.165, 1.54) is 0 Å². The van der Waals surface area contributed by atoms with E-state index in [2.05, 4.69) is 0 Å². The molecule has 17 rings (SSSR count). The number of ether oxygens (including phenoxy) is 18. The highest BCUT2D eigenvalue weighted by Crippen LogP contribution is 2.41. The molecule has 0 amide bonds. The van der Waals surface area contributed by atoms with Crippen LogP contribution in [0.3, 0.4) is 0 Å². The van der Waals surface area contributed by atoms with Crippen molar-refractivity contribution in [2.45, 2.75) is 276 Å². The number of fused-ring (bicyclic) bond motifs is 7. The van der Waals surface area contributed by atoms with Crippen molar-refractivity contribution in [1.29, 1.82) is 0 Å². The topological polar surface area (TPSA) is 712 Å². The van der Waals surface area contributed by atoms with Crippen LogP contribution in [-0.4, -0.2) is 474 Å². The van der Waals surface area contributed by atoms with E-state index in [4.69, 9.17) is 85.3 Å². The Morgan fingerprint density at radius 2 is 0.374 bits per heavy atom. The summed E-state index contributed by atoms with van der Waals surface area (Å²) < 4.78 is 104. The molecule has 45 heteroatoms. The van der Waals surface area contributed by atoms with E-state index in [1.54, 1.807) is 0 Å². The minimum atomic E-state index is -2.46. The zero-order valence-electron chi connectivity index (χ0n) is 51.8. The standard InChI is InChI=1S/C54H90O45/c55-1-10-19(64)20(65)28(73)46(82-10)91-37-16(7-61)89-53(35(80)26(37)71)99-45-36(81)44-18(9-63)90-54(45)98-43-17(8-62)88-51(34(79)27(43)72)96-41-14(5-59)86-49(32(77)24(41)69)94-39-12(3-57)84-47(30(75)22(39)67)92-38-11(2-56)83-48(29(74)21(38)66)93-40-13(4-58)85-50(31(76)23(40)68)95-42-15(6-60)87-52(97-44)33(78)25(42)70/h10-81H,1-9H2/t10-,11-,12-,13-,14-,15-,16+,17-,18-,19-,20+,21-,22-,23-,24-,25-,26+,27-,28-,29-,30-,31-,32-,33-,34-,35+,36+,37+,38-,39-,40-,41-,42-,43-,44-,45-,46+,47-,48-,49-,50-,51-,52-,53?,54-/m1/s1.